The average molecular weight is 318 g/mol. The molecule has 20 heavy (non-hydrogen) atoms. The van der Waals surface area contributed by atoms with E-state index in [1.165, 1.54) is 6.92 Å². The number of carboxylic acid groups (broad SMARTS) is 1. The number of carbonyl (C=O) groups is 2. The molecule has 0 saturated heterocycles. The maximum absolute atomic E-state index is 12.0. The van der Waals surface area contributed by atoms with E-state index in [1.807, 2.05) is 0 Å². The van der Waals surface area contributed by atoms with Crippen molar-refractivity contribution in [1.82, 2.24) is 5.32 Å². The highest BCUT2D eigenvalue weighted by Gasteiger charge is 2.27. The fourth-order valence-electron chi connectivity index (χ4n) is 1.72. The Bertz CT molecular complexity index is 519. The molecule has 3 atom stereocenters. The minimum Gasteiger partial charge on any atom is -0.481 e. The van der Waals surface area contributed by atoms with Gasteiger partial charge in [0.25, 0.3) is 0 Å². The molecule has 3 unspecified atom stereocenters. The van der Waals surface area contributed by atoms with Gasteiger partial charge in [-0.1, -0.05) is 43.1 Å². The first-order chi connectivity index (χ1) is 9.23. The Balaban J connectivity index is 2.77. The zero-order chi connectivity index (χ0) is 15.4. The first-order valence-corrected chi connectivity index (χ1v) is 6.97. The van der Waals surface area contributed by atoms with Crippen LogP contribution in [0.15, 0.2) is 18.2 Å². The molecular formula is C14H17Cl2NO3. The van der Waals surface area contributed by atoms with Crippen LogP contribution in [0.5, 0.6) is 0 Å². The minimum absolute atomic E-state index is 0.321. The maximum Gasteiger partial charge on any atom is 0.307 e. The van der Waals surface area contributed by atoms with Crippen molar-refractivity contribution in [1.29, 1.82) is 0 Å². The summed E-state index contributed by atoms with van der Waals surface area (Å²) < 4.78 is 0. The molecule has 0 saturated carbocycles. The highest BCUT2D eigenvalue weighted by atomic mass is 35.5. The summed E-state index contributed by atoms with van der Waals surface area (Å²) in [6.45, 7) is 4.88. The number of amides is 1. The second-order valence-electron chi connectivity index (χ2n) is 4.81. The lowest BCUT2D eigenvalue weighted by Crippen LogP contribution is -2.36. The lowest BCUT2D eigenvalue weighted by atomic mass is 9.94. The summed E-state index contributed by atoms with van der Waals surface area (Å²) in [5.74, 6) is -2.69. The predicted octanol–water partition coefficient (Wildman–Crippen LogP) is 3.53. The molecule has 0 spiro atoms. The van der Waals surface area contributed by atoms with Crippen LogP contribution in [-0.4, -0.2) is 17.0 Å². The molecule has 4 nitrogen and oxygen atoms in total. The lowest BCUT2D eigenvalue weighted by molar-refractivity contribution is -0.146. The average Bonchev–Trinajstić information content (AvgIpc) is 2.36. The third-order valence-corrected chi connectivity index (χ3v) is 3.90. The fraction of sp³-hybridized carbons (Fsp3) is 0.429. The zero-order valence-electron chi connectivity index (χ0n) is 11.5. The van der Waals surface area contributed by atoms with Crippen molar-refractivity contribution in [3.63, 3.8) is 0 Å². The molecule has 0 aliphatic rings. The largest absolute Gasteiger partial charge is 0.481 e. The number of rotatable bonds is 5. The summed E-state index contributed by atoms with van der Waals surface area (Å²) in [5.41, 5.74) is 0.736. The normalized spacial score (nSPS) is 15.2. The van der Waals surface area contributed by atoms with Crippen LogP contribution in [0.3, 0.4) is 0 Å². The number of nitrogens with one attached hydrogen (secondary N) is 1. The summed E-state index contributed by atoms with van der Waals surface area (Å²) in [6.07, 6.45) is 0. The van der Waals surface area contributed by atoms with E-state index in [-0.39, 0.29) is 11.9 Å². The first kappa shape index (κ1) is 16.8. The molecule has 1 rings (SSSR count). The molecule has 0 radical (unpaired) electrons. The van der Waals surface area contributed by atoms with E-state index in [1.54, 1.807) is 32.0 Å². The number of halogens is 2. The van der Waals surface area contributed by atoms with Gasteiger partial charge in [0, 0.05) is 16.0 Å². The molecule has 0 fully saturated rings. The quantitative estimate of drug-likeness (QED) is 0.873. The Morgan fingerprint density at radius 1 is 1.15 bits per heavy atom. The monoisotopic (exact) mass is 317 g/mol. The summed E-state index contributed by atoms with van der Waals surface area (Å²) in [6, 6.07) is 4.70. The highest BCUT2D eigenvalue weighted by Crippen LogP contribution is 2.26. The molecule has 0 heterocycles. The molecule has 0 bridgehead atoms. The summed E-state index contributed by atoms with van der Waals surface area (Å²) >= 11 is 11.9. The van der Waals surface area contributed by atoms with Gasteiger partial charge in [-0.15, -0.1) is 0 Å². The van der Waals surface area contributed by atoms with Crippen molar-refractivity contribution in [3.05, 3.63) is 33.8 Å². The van der Waals surface area contributed by atoms with Gasteiger partial charge in [0.05, 0.1) is 12.0 Å². The van der Waals surface area contributed by atoms with Crippen LogP contribution in [-0.2, 0) is 9.59 Å². The topological polar surface area (TPSA) is 66.4 Å². The molecule has 110 valence electrons. The van der Waals surface area contributed by atoms with Gasteiger partial charge < -0.3 is 10.4 Å². The highest BCUT2D eigenvalue weighted by molar-refractivity contribution is 6.35. The minimum atomic E-state index is -0.996. The number of benzene rings is 1. The standard InChI is InChI=1S/C14H17Cl2NO3/c1-7(8(2)14(19)20)13(18)17-9(3)11-5-4-10(15)6-12(11)16/h4-9H,1-3H3,(H,17,18)(H,19,20). The van der Waals surface area contributed by atoms with E-state index in [4.69, 9.17) is 28.3 Å². The Labute approximate surface area is 128 Å². The van der Waals surface area contributed by atoms with Crippen LogP contribution < -0.4 is 5.32 Å². The Morgan fingerprint density at radius 3 is 2.25 bits per heavy atom. The van der Waals surface area contributed by atoms with Gasteiger partial charge >= 0.3 is 5.97 Å². The molecule has 1 aromatic rings. The van der Waals surface area contributed by atoms with Crippen molar-refractivity contribution in [2.24, 2.45) is 11.8 Å². The second kappa shape index (κ2) is 6.95. The number of carbonyl (C=O) groups excluding carboxylic acids is 1. The molecule has 2 N–H and O–H groups in total. The van der Waals surface area contributed by atoms with Gasteiger partial charge in [-0.05, 0) is 24.6 Å². The second-order valence-corrected chi connectivity index (χ2v) is 5.66. The summed E-state index contributed by atoms with van der Waals surface area (Å²) in [7, 11) is 0. The number of aliphatic carboxylic acids is 1. The van der Waals surface area contributed by atoms with Crippen molar-refractivity contribution >= 4 is 35.1 Å². The summed E-state index contributed by atoms with van der Waals surface area (Å²) in [5, 5.41) is 12.7. The van der Waals surface area contributed by atoms with Gasteiger partial charge in [-0.2, -0.15) is 0 Å². The first-order valence-electron chi connectivity index (χ1n) is 6.22. The van der Waals surface area contributed by atoms with E-state index < -0.39 is 17.8 Å². The van der Waals surface area contributed by atoms with Gasteiger partial charge in [-0.3, -0.25) is 9.59 Å². The van der Waals surface area contributed by atoms with E-state index in [2.05, 4.69) is 5.32 Å². The van der Waals surface area contributed by atoms with Crippen LogP contribution in [0.2, 0.25) is 10.0 Å². The van der Waals surface area contributed by atoms with Gasteiger partial charge in [0.1, 0.15) is 0 Å². The molecule has 0 aliphatic carbocycles. The van der Waals surface area contributed by atoms with Crippen LogP contribution in [0.4, 0.5) is 0 Å². The molecule has 0 aliphatic heterocycles. The van der Waals surface area contributed by atoms with E-state index in [0.717, 1.165) is 5.56 Å². The number of hydrogen-bond acceptors (Lipinski definition) is 2. The van der Waals surface area contributed by atoms with E-state index >= 15 is 0 Å². The fourth-order valence-corrected chi connectivity index (χ4v) is 2.29. The molecule has 1 amide bonds. The SMILES string of the molecule is CC(NC(=O)C(C)C(C)C(=O)O)c1ccc(Cl)cc1Cl. The zero-order valence-corrected chi connectivity index (χ0v) is 13.0. The molecule has 1 aromatic carbocycles. The van der Waals surface area contributed by atoms with Crippen molar-refractivity contribution in [3.8, 4) is 0 Å². The lowest BCUT2D eigenvalue weighted by Gasteiger charge is -2.20. The van der Waals surface area contributed by atoms with Crippen LogP contribution in [0, 0.1) is 11.8 Å². The van der Waals surface area contributed by atoms with Crippen LogP contribution >= 0.6 is 23.2 Å². The van der Waals surface area contributed by atoms with E-state index in [0.29, 0.717) is 10.0 Å². The Morgan fingerprint density at radius 2 is 1.75 bits per heavy atom. The third-order valence-electron chi connectivity index (χ3n) is 3.34. The van der Waals surface area contributed by atoms with E-state index in [9.17, 15) is 9.59 Å². The van der Waals surface area contributed by atoms with Crippen molar-refractivity contribution < 1.29 is 14.7 Å². The van der Waals surface area contributed by atoms with Crippen LogP contribution in [0.1, 0.15) is 32.4 Å². The molecule has 0 aromatic heterocycles. The van der Waals surface area contributed by atoms with Gasteiger partial charge in [0.2, 0.25) is 5.91 Å². The summed E-state index contributed by atoms with van der Waals surface area (Å²) in [4.78, 5) is 22.9. The van der Waals surface area contributed by atoms with Gasteiger partial charge in [-0.25, -0.2) is 0 Å². The van der Waals surface area contributed by atoms with Crippen molar-refractivity contribution in [2.45, 2.75) is 26.8 Å². The predicted molar refractivity (Wildman–Crippen MR) is 79.0 cm³/mol. The molecule has 6 heteroatoms. The Hall–Kier alpha value is -1.26. The van der Waals surface area contributed by atoms with Crippen molar-refractivity contribution in [2.75, 3.05) is 0 Å². The number of carboxylic acids is 1. The Kier molecular flexibility index (Phi) is 5.84. The smallest absolute Gasteiger partial charge is 0.307 e. The third kappa shape index (κ3) is 4.12. The van der Waals surface area contributed by atoms with Crippen LogP contribution in [0.25, 0.3) is 0 Å². The maximum atomic E-state index is 12.0. The van der Waals surface area contributed by atoms with Gasteiger partial charge in [0.15, 0.2) is 0 Å². The number of hydrogen-bond donors (Lipinski definition) is 2. The molecular weight excluding hydrogens is 301 g/mol.